The van der Waals surface area contributed by atoms with Gasteiger partial charge >= 0.3 is 41.9 Å². The van der Waals surface area contributed by atoms with Gasteiger partial charge in [-0.2, -0.15) is 35.4 Å². The average Bonchev–Trinajstić information content (AvgIpc) is 2.81. The average molecular weight is 379 g/mol. The fourth-order valence-corrected chi connectivity index (χ4v) is 0.940. The third kappa shape index (κ3) is 16.5. The molecule has 0 N–H and O–H groups in total. The Balaban J connectivity index is -0.000000185. The molecule has 1 aromatic rings. The molecule has 18 heavy (non-hydrogen) atoms. The van der Waals surface area contributed by atoms with Gasteiger partial charge in [-0.1, -0.05) is 13.8 Å². The number of halogens is 2. The zero-order valence-electron chi connectivity index (χ0n) is 11.4. The maximum absolute atomic E-state index is 2.99. The standard InChI is InChI=1S/C7H9.C5H5.C2H6Si.2ClH.Zr/c1-6-4-3-5-7(6)2;1-2-4-5-3-1;1-3-2;;;/h3-5H,1-2H3;1-3H,4H2;1-2H3;2*1H;/q2*-1;;;;+2/p-2. The van der Waals surface area contributed by atoms with Crippen LogP contribution in [-0.2, 0) is 23.3 Å². The molecule has 0 nitrogen and oxygen atoms in total. The van der Waals surface area contributed by atoms with Gasteiger partial charge in [0.05, 0.1) is 0 Å². The number of aryl methyl sites for hydroxylation is 2. The number of allylic oxidation sites excluding steroid dienone is 4. The van der Waals surface area contributed by atoms with Gasteiger partial charge in [0.1, 0.15) is 0 Å². The van der Waals surface area contributed by atoms with Gasteiger partial charge < -0.3 is 24.8 Å². The first-order chi connectivity index (χ1) is 7.54. The predicted octanol–water partition coefficient (Wildman–Crippen LogP) is -1.88. The van der Waals surface area contributed by atoms with E-state index in [1.807, 2.05) is 12.2 Å². The second kappa shape index (κ2) is 15.6. The summed E-state index contributed by atoms with van der Waals surface area (Å²) in [6, 6.07) is 6.31. The van der Waals surface area contributed by atoms with E-state index >= 15 is 0 Å². The van der Waals surface area contributed by atoms with Crippen molar-refractivity contribution >= 4 is 5.43 Å². The van der Waals surface area contributed by atoms with E-state index in [1.165, 1.54) is 11.1 Å². The van der Waals surface area contributed by atoms with Crippen molar-refractivity contribution in [3.05, 3.63) is 53.6 Å². The molecule has 0 atom stereocenters. The first-order valence-corrected chi connectivity index (χ1v) is 11.6. The van der Waals surface area contributed by atoms with Gasteiger partial charge in [0.2, 0.25) is 0 Å². The third-order valence-corrected chi connectivity index (χ3v) is 1.90. The SMILES string of the molecule is C[Si](C)=[Zr+2].Cc1c[cH-]cc1C.[C-]1=CC=CC1.[Cl-].[Cl-]. The Morgan fingerprint density at radius 2 is 1.61 bits per heavy atom. The summed E-state index contributed by atoms with van der Waals surface area (Å²) in [4.78, 5) is 0. The van der Waals surface area contributed by atoms with Crippen LogP contribution in [0.2, 0.25) is 13.1 Å². The summed E-state index contributed by atoms with van der Waals surface area (Å²) < 4.78 is 0. The maximum Gasteiger partial charge on any atom is -0.0958 e. The minimum Gasteiger partial charge on any atom is -1.00 e. The van der Waals surface area contributed by atoms with Crippen molar-refractivity contribution in [2.75, 3.05) is 0 Å². The molecule has 1 aromatic carbocycles. The monoisotopic (exact) mass is 376 g/mol. The second-order valence-corrected chi connectivity index (χ2v) is 13.3. The second-order valence-electron chi connectivity index (χ2n) is 3.89. The minimum absolute atomic E-state index is 0. The molecule has 0 saturated carbocycles. The first kappa shape index (κ1) is 23.6. The van der Waals surface area contributed by atoms with Crippen LogP contribution < -0.4 is 24.8 Å². The molecular weight excluding hydrogens is 358 g/mol. The molecule has 0 heterocycles. The Morgan fingerprint density at radius 3 is 1.72 bits per heavy atom. The van der Waals surface area contributed by atoms with E-state index in [1.54, 1.807) is 23.3 Å². The summed E-state index contributed by atoms with van der Waals surface area (Å²) in [6.45, 7) is 8.86. The minimum atomic E-state index is 0. The first-order valence-electron chi connectivity index (χ1n) is 5.46. The summed E-state index contributed by atoms with van der Waals surface area (Å²) in [5, 5.41) is 0. The zero-order valence-corrected chi connectivity index (χ0v) is 16.4. The molecule has 2 rings (SSSR count). The van der Waals surface area contributed by atoms with Crippen LogP contribution in [-0.4, -0.2) is 5.43 Å². The van der Waals surface area contributed by atoms with Crippen LogP contribution in [0.25, 0.3) is 0 Å². The van der Waals surface area contributed by atoms with Crippen molar-refractivity contribution in [1.29, 1.82) is 0 Å². The summed E-state index contributed by atoms with van der Waals surface area (Å²) in [5.74, 6) is 0. The van der Waals surface area contributed by atoms with Crippen molar-refractivity contribution in [2.24, 2.45) is 0 Å². The quantitative estimate of drug-likeness (QED) is 0.366. The molecule has 100 valence electrons. The summed E-state index contributed by atoms with van der Waals surface area (Å²) in [5.41, 5.74) is 2.99. The molecule has 0 unspecified atom stereocenters. The van der Waals surface area contributed by atoms with Gasteiger partial charge in [0.25, 0.3) is 0 Å². The van der Waals surface area contributed by atoms with Gasteiger partial charge in [0.15, 0.2) is 0 Å². The van der Waals surface area contributed by atoms with Crippen molar-refractivity contribution in [2.45, 2.75) is 33.4 Å². The summed E-state index contributed by atoms with van der Waals surface area (Å²) in [6.07, 6.45) is 10.0. The summed E-state index contributed by atoms with van der Waals surface area (Å²) in [7, 11) is 0. The molecule has 0 aromatic heterocycles. The molecule has 0 radical (unpaired) electrons. The zero-order chi connectivity index (χ0) is 12.4. The molecule has 4 heteroatoms. The Kier molecular flexibility index (Phi) is 20.4. The smallest absolute Gasteiger partial charge is 0.0958 e. The molecule has 0 spiro atoms. The Bertz CT molecular complexity index is 337. The van der Waals surface area contributed by atoms with E-state index in [4.69, 9.17) is 0 Å². The molecule has 1 aliphatic rings. The van der Waals surface area contributed by atoms with Gasteiger partial charge in [-0.3, -0.25) is 6.08 Å². The van der Waals surface area contributed by atoms with Crippen LogP contribution in [0, 0.1) is 19.9 Å². The normalized spacial score (nSPS) is 10.1. The molecule has 0 saturated heterocycles. The van der Waals surface area contributed by atoms with E-state index in [0.29, 0.717) is 0 Å². The van der Waals surface area contributed by atoms with Crippen LogP contribution in [0.3, 0.4) is 0 Å². The molecule has 1 aliphatic carbocycles. The largest absolute Gasteiger partial charge is 1.00 e. The molecule has 0 fully saturated rings. The fourth-order valence-electron chi connectivity index (χ4n) is 0.940. The maximum atomic E-state index is 2.99. The van der Waals surface area contributed by atoms with E-state index in [9.17, 15) is 0 Å². The fraction of sp³-hybridized carbons (Fsp3) is 0.357. The van der Waals surface area contributed by atoms with Gasteiger partial charge in [0, 0.05) is 0 Å². The molecule has 0 aliphatic heterocycles. The predicted molar refractivity (Wildman–Crippen MR) is 70.6 cm³/mol. The van der Waals surface area contributed by atoms with Crippen molar-refractivity contribution in [3.63, 3.8) is 0 Å². The van der Waals surface area contributed by atoms with Crippen molar-refractivity contribution in [1.82, 2.24) is 0 Å². The Morgan fingerprint density at radius 1 is 1.17 bits per heavy atom. The van der Waals surface area contributed by atoms with Crippen LogP contribution in [0.5, 0.6) is 0 Å². The van der Waals surface area contributed by atoms with Crippen LogP contribution in [0.1, 0.15) is 17.5 Å². The molecular formula is C14H20Cl2SiZr-2. The number of hydrogen-bond acceptors (Lipinski definition) is 0. The summed E-state index contributed by atoms with van der Waals surface area (Å²) >= 11 is 1.74. The van der Waals surface area contributed by atoms with E-state index in [0.717, 1.165) is 6.42 Å². The molecule has 0 bridgehead atoms. The van der Waals surface area contributed by atoms with E-state index in [2.05, 4.69) is 57.3 Å². The van der Waals surface area contributed by atoms with Crippen molar-refractivity contribution < 1.29 is 48.1 Å². The van der Waals surface area contributed by atoms with Gasteiger partial charge in [-0.05, 0) is 0 Å². The Labute approximate surface area is 140 Å². The van der Waals surface area contributed by atoms with Gasteiger partial charge in [-0.15, -0.1) is 6.42 Å². The van der Waals surface area contributed by atoms with Gasteiger partial charge in [-0.25, -0.2) is 12.2 Å². The Hall–Kier alpha value is 0.510. The van der Waals surface area contributed by atoms with E-state index < -0.39 is 0 Å². The topological polar surface area (TPSA) is 0 Å². The van der Waals surface area contributed by atoms with Crippen molar-refractivity contribution in [3.8, 4) is 0 Å². The van der Waals surface area contributed by atoms with Crippen LogP contribution >= 0.6 is 0 Å². The molecule has 0 amide bonds. The number of hydrogen-bond donors (Lipinski definition) is 0. The van der Waals surface area contributed by atoms with E-state index in [-0.39, 0.29) is 30.2 Å². The van der Waals surface area contributed by atoms with Crippen LogP contribution in [0.15, 0.2) is 36.4 Å². The number of rotatable bonds is 0. The third-order valence-electron chi connectivity index (χ3n) is 1.90. The van der Waals surface area contributed by atoms with Crippen LogP contribution in [0.4, 0.5) is 0 Å².